The van der Waals surface area contributed by atoms with Gasteiger partial charge in [0.15, 0.2) is 12.6 Å². The lowest BCUT2D eigenvalue weighted by Crippen LogP contribution is -2.38. The van der Waals surface area contributed by atoms with E-state index in [2.05, 4.69) is 34.6 Å². The molecule has 0 heterocycles. The Morgan fingerprint density at radius 3 is 2.43 bits per heavy atom. The lowest BCUT2D eigenvalue weighted by atomic mass is 10.2. The molecule has 0 saturated heterocycles. The van der Waals surface area contributed by atoms with Crippen LogP contribution in [0, 0.1) is 0 Å². The topological polar surface area (TPSA) is 66.0 Å². The number of amides is 1. The van der Waals surface area contributed by atoms with Crippen LogP contribution >= 0.6 is 0 Å². The molecule has 28 heavy (non-hydrogen) atoms. The summed E-state index contributed by atoms with van der Waals surface area (Å²) in [6.07, 6.45) is 0. The summed E-state index contributed by atoms with van der Waals surface area (Å²) >= 11 is 0. The van der Waals surface area contributed by atoms with E-state index in [9.17, 15) is 4.79 Å². The van der Waals surface area contributed by atoms with Crippen molar-refractivity contribution < 1.29 is 9.53 Å². The third-order valence-corrected chi connectivity index (χ3v) is 4.01. The minimum atomic E-state index is -0.122. The summed E-state index contributed by atoms with van der Waals surface area (Å²) in [7, 11) is 2.03. The van der Waals surface area contributed by atoms with Gasteiger partial charge in [-0.05, 0) is 37.1 Å². The van der Waals surface area contributed by atoms with Crippen LogP contribution in [0.25, 0.3) is 0 Å². The van der Waals surface area contributed by atoms with Crippen molar-refractivity contribution >= 4 is 11.9 Å². The molecule has 0 radical (unpaired) electrons. The second kappa shape index (κ2) is 11.6. The summed E-state index contributed by atoms with van der Waals surface area (Å²) in [6.45, 7) is 6.66. The van der Waals surface area contributed by atoms with E-state index >= 15 is 0 Å². The number of aliphatic imine (C=N–C) groups is 1. The van der Waals surface area contributed by atoms with E-state index in [0.717, 1.165) is 24.6 Å². The van der Waals surface area contributed by atoms with E-state index in [1.54, 1.807) is 0 Å². The molecule has 0 aliphatic rings. The van der Waals surface area contributed by atoms with E-state index < -0.39 is 0 Å². The number of carbonyl (C=O) groups excluding carboxylic acids is 1. The third kappa shape index (κ3) is 7.31. The van der Waals surface area contributed by atoms with Crippen molar-refractivity contribution in [3.05, 3.63) is 65.7 Å². The molecule has 0 saturated carbocycles. The van der Waals surface area contributed by atoms with E-state index in [4.69, 9.17) is 9.73 Å². The molecule has 2 aromatic rings. The average molecular weight is 383 g/mol. The Morgan fingerprint density at radius 2 is 1.71 bits per heavy atom. The van der Waals surface area contributed by atoms with Crippen molar-refractivity contribution in [3.63, 3.8) is 0 Å². The van der Waals surface area contributed by atoms with Gasteiger partial charge in [0.1, 0.15) is 5.75 Å². The van der Waals surface area contributed by atoms with Gasteiger partial charge in [0.25, 0.3) is 5.91 Å². The monoisotopic (exact) mass is 382 g/mol. The molecule has 0 aliphatic carbocycles. The molecule has 0 bridgehead atoms. The Hall–Kier alpha value is -3.02. The van der Waals surface area contributed by atoms with Crippen LogP contribution in [0.5, 0.6) is 5.75 Å². The molecular weight excluding hydrogens is 352 g/mol. The zero-order valence-corrected chi connectivity index (χ0v) is 16.9. The molecular formula is C22H30N4O2. The van der Waals surface area contributed by atoms with Crippen LogP contribution in [-0.4, -0.2) is 43.5 Å². The first-order valence-corrected chi connectivity index (χ1v) is 9.64. The summed E-state index contributed by atoms with van der Waals surface area (Å²) < 4.78 is 5.56. The number of hydrogen-bond donors (Lipinski definition) is 2. The highest BCUT2D eigenvalue weighted by molar-refractivity contribution is 5.79. The molecule has 0 spiro atoms. The number of likely N-dealkylation sites (N-methyl/N-ethyl adjacent to an activating group) is 1. The molecule has 150 valence electrons. The molecule has 6 heteroatoms. The van der Waals surface area contributed by atoms with Crippen LogP contribution in [0.15, 0.2) is 59.6 Å². The van der Waals surface area contributed by atoms with Crippen LogP contribution < -0.4 is 15.4 Å². The molecule has 2 rings (SSSR count). The molecule has 0 fully saturated rings. The number of guanidine groups is 1. The minimum absolute atomic E-state index is 0.0169. The summed E-state index contributed by atoms with van der Waals surface area (Å²) in [6, 6.07) is 18.0. The van der Waals surface area contributed by atoms with E-state index in [0.29, 0.717) is 18.8 Å². The number of nitrogens with one attached hydrogen (secondary N) is 2. The van der Waals surface area contributed by atoms with Crippen molar-refractivity contribution in [3.8, 4) is 5.75 Å². The van der Waals surface area contributed by atoms with Crippen molar-refractivity contribution in [2.24, 2.45) is 4.99 Å². The molecule has 0 aliphatic heterocycles. The van der Waals surface area contributed by atoms with Gasteiger partial charge in [0.05, 0.1) is 6.54 Å². The van der Waals surface area contributed by atoms with Gasteiger partial charge in [-0.25, -0.2) is 4.99 Å². The Kier molecular flexibility index (Phi) is 8.85. The van der Waals surface area contributed by atoms with Gasteiger partial charge in [0.2, 0.25) is 0 Å². The molecule has 0 atom stereocenters. The Balaban J connectivity index is 1.99. The maximum absolute atomic E-state index is 11.5. The maximum atomic E-state index is 11.5. The van der Waals surface area contributed by atoms with Gasteiger partial charge in [-0.15, -0.1) is 0 Å². The maximum Gasteiger partial charge on any atom is 0.257 e. The summed E-state index contributed by atoms with van der Waals surface area (Å²) in [4.78, 5) is 18.4. The first-order chi connectivity index (χ1) is 13.6. The van der Waals surface area contributed by atoms with Crippen LogP contribution in [0.3, 0.4) is 0 Å². The fraction of sp³-hybridized carbons (Fsp3) is 0.364. The summed E-state index contributed by atoms with van der Waals surface area (Å²) in [5.74, 6) is 1.39. The largest absolute Gasteiger partial charge is 0.484 e. The van der Waals surface area contributed by atoms with Crippen LogP contribution in [-0.2, 0) is 17.9 Å². The van der Waals surface area contributed by atoms with Gasteiger partial charge >= 0.3 is 0 Å². The first-order valence-electron chi connectivity index (χ1n) is 9.64. The number of carbonyl (C=O) groups is 1. The number of rotatable bonds is 9. The van der Waals surface area contributed by atoms with Gasteiger partial charge in [0, 0.05) is 26.7 Å². The number of benzene rings is 2. The SMILES string of the molecule is CCNC(=O)COc1cccc(CN=C(NCC)N(C)Cc2ccccc2)c1. The van der Waals surface area contributed by atoms with Crippen molar-refractivity contribution in [2.75, 3.05) is 26.7 Å². The predicted octanol–water partition coefficient (Wildman–Crippen LogP) is 2.80. The fourth-order valence-electron chi connectivity index (χ4n) is 2.70. The Labute approximate surface area is 167 Å². The predicted molar refractivity (Wildman–Crippen MR) is 113 cm³/mol. The normalized spacial score (nSPS) is 11.0. The first kappa shape index (κ1) is 21.3. The highest BCUT2D eigenvalue weighted by atomic mass is 16.5. The molecule has 1 amide bonds. The lowest BCUT2D eigenvalue weighted by Gasteiger charge is -2.22. The standard InChI is InChI=1S/C22H30N4O2/c1-4-23-21(27)17-28-20-13-9-12-19(14-20)15-25-22(24-5-2)26(3)16-18-10-7-6-8-11-18/h6-14H,4-5,15-17H2,1-3H3,(H,23,27)(H,24,25). The smallest absolute Gasteiger partial charge is 0.257 e. The second-order valence-corrected chi connectivity index (χ2v) is 6.40. The second-order valence-electron chi connectivity index (χ2n) is 6.40. The Morgan fingerprint density at radius 1 is 1.00 bits per heavy atom. The lowest BCUT2D eigenvalue weighted by molar-refractivity contribution is -0.122. The number of hydrogen-bond acceptors (Lipinski definition) is 3. The van der Waals surface area contributed by atoms with Crippen molar-refractivity contribution in [1.29, 1.82) is 0 Å². The van der Waals surface area contributed by atoms with Gasteiger partial charge < -0.3 is 20.3 Å². The zero-order chi connectivity index (χ0) is 20.2. The van der Waals surface area contributed by atoms with Crippen LogP contribution in [0.4, 0.5) is 0 Å². The molecule has 0 unspecified atom stereocenters. The molecule has 0 aromatic heterocycles. The number of ether oxygens (including phenoxy) is 1. The molecule has 2 aromatic carbocycles. The van der Waals surface area contributed by atoms with E-state index in [1.165, 1.54) is 5.56 Å². The Bertz CT molecular complexity index is 762. The van der Waals surface area contributed by atoms with Crippen LogP contribution in [0.2, 0.25) is 0 Å². The minimum Gasteiger partial charge on any atom is -0.484 e. The van der Waals surface area contributed by atoms with Gasteiger partial charge in [-0.3, -0.25) is 4.79 Å². The fourth-order valence-corrected chi connectivity index (χ4v) is 2.70. The van der Waals surface area contributed by atoms with E-state index in [-0.39, 0.29) is 12.5 Å². The average Bonchev–Trinajstić information content (AvgIpc) is 2.71. The highest BCUT2D eigenvalue weighted by Gasteiger charge is 2.07. The van der Waals surface area contributed by atoms with E-state index in [1.807, 2.05) is 56.4 Å². The molecule has 6 nitrogen and oxygen atoms in total. The zero-order valence-electron chi connectivity index (χ0n) is 16.9. The quantitative estimate of drug-likeness (QED) is 0.517. The number of nitrogens with zero attached hydrogens (tertiary/aromatic N) is 2. The summed E-state index contributed by atoms with van der Waals surface area (Å²) in [5.41, 5.74) is 2.26. The van der Waals surface area contributed by atoms with Gasteiger partial charge in [-0.2, -0.15) is 0 Å². The van der Waals surface area contributed by atoms with Crippen molar-refractivity contribution in [1.82, 2.24) is 15.5 Å². The summed E-state index contributed by atoms with van der Waals surface area (Å²) in [5, 5.41) is 6.05. The molecule has 2 N–H and O–H groups in total. The van der Waals surface area contributed by atoms with Crippen LogP contribution in [0.1, 0.15) is 25.0 Å². The van der Waals surface area contributed by atoms with Crippen molar-refractivity contribution in [2.45, 2.75) is 26.9 Å². The third-order valence-electron chi connectivity index (χ3n) is 4.01. The highest BCUT2D eigenvalue weighted by Crippen LogP contribution is 2.14. The van der Waals surface area contributed by atoms with Gasteiger partial charge in [-0.1, -0.05) is 42.5 Å².